The number of rotatable bonds is 9. The third kappa shape index (κ3) is 8.30. The van der Waals surface area contributed by atoms with Crippen LogP contribution in [0.3, 0.4) is 0 Å². The first kappa shape index (κ1) is 51.5. The van der Waals surface area contributed by atoms with Crippen LogP contribution in [0.4, 0.5) is 34.1 Å². The Morgan fingerprint density at radius 2 is 0.533 bits per heavy atom. The highest BCUT2D eigenvalue weighted by atomic mass is 15.2. The zero-order valence-electron chi connectivity index (χ0n) is 49.3. The summed E-state index contributed by atoms with van der Waals surface area (Å²) in [7, 11) is 0. The largest absolute Gasteiger partial charge is 0.310 e. The van der Waals surface area contributed by atoms with Crippen LogP contribution in [0.25, 0.3) is 116 Å². The number of benzene rings is 15. The summed E-state index contributed by atoms with van der Waals surface area (Å²) >= 11 is 0. The fraction of sp³-hybridized carbons (Fsp3) is 0. The molecule has 4 heteroatoms. The Morgan fingerprint density at radius 1 is 0.222 bits per heavy atom. The Labute approximate surface area is 524 Å². The second-order valence-corrected chi connectivity index (χ2v) is 23.9. The van der Waals surface area contributed by atoms with Gasteiger partial charge in [0.05, 0.1) is 28.1 Å². The average Bonchev–Trinajstić information content (AvgIpc) is 0.941. The van der Waals surface area contributed by atoms with Crippen LogP contribution < -0.4 is 26.2 Å². The van der Waals surface area contributed by atoms with Crippen LogP contribution in [0, 0.1) is 0 Å². The van der Waals surface area contributed by atoms with Crippen LogP contribution >= 0.6 is 0 Å². The maximum atomic E-state index is 2.66. The molecule has 1 aromatic heterocycles. The molecule has 0 aliphatic carbocycles. The SMILES string of the molecule is c1ccc(-c2ccc3c(c2)B2c4cc(-c5ccccc5)ccc4N(c4c(-c5ccccc5)cccc4-c4ccccc4)c4cc(-n5c6cc7ccccc7cc6c6cc7ccccc7cc65)cc(c42)N3c2c(-c3ccccc3)cccc2-c2ccccc2)cc1. The van der Waals surface area contributed by atoms with Crippen molar-refractivity contribution in [1.82, 2.24) is 4.57 Å². The quantitative estimate of drug-likeness (QED) is 0.133. The molecule has 2 aliphatic heterocycles. The van der Waals surface area contributed by atoms with E-state index in [2.05, 4.69) is 354 Å². The predicted molar refractivity (Wildman–Crippen MR) is 382 cm³/mol. The first-order chi connectivity index (χ1) is 44.7. The molecule has 0 saturated carbocycles. The Balaban J connectivity index is 1.06. The second-order valence-electron chi connectivity index (χ2n) is 23.9. The standard InChI is InChI=1S/C86H56BN3/c1-7-25-57(26-8-1)67-45-47-78-76(51-67)87-77-52-68(58-27-9-2-10-28-58)46-48-79(77)90(86-72(61-33-15-5-16-34-61)43-24-44-73(86)62-35-17-6-18-36-62)83-56-69(88-80-53-65-39-21-19-37-63(65)49-74(80)75-50-64-38-20-22-40-66(64)54-81(75)88)55-82(84(83)87)89(78)85-70(59-29-11-3-12-30-59)41-23-42-71(85)60-31-13-4-14-32-60/h1-56H. The third-order valence-electron chi connectivity index (χ3n) is 18.9. The minimum atomic E-state index is -0.229. The van der Waals surface area contributed by atoms with E-state index in [4.69, 9.17) is 0 Å². The number of nitrogens with zero attached hydrogens (tertiary/aromatic N) is 3. The lowest BCUT2D eigenvalue weighted by Gasteiger charge is -2.46. The predicted octanol–water partition coefficient (Wildman–Crippen LogP) is 21.2. The second kappa shape index (κ2) is 21.0. The molecule has 18 rings (SSSR count). The highest BCUT2D eigenvalue weighted by Crippen LogP contribution is 2.54. The topological polar surface area (TPSA) is 11.4 Å². The highest BCUT2D eigenvalue weighted by Gasteiger charge is 2.46. The van der Waals surface area contributed by atoms with Gasteiger partial charge >= 0.3 is 0 Å². The smallest absolute Gasteiger partial charge is 0.252 e. The van der Waals surface area contributed by atoms with Crippen molar-refractivity contribution in [3.63, 3.8) is 0 Å². The molecule has 418 valence electrons. The summed E-state index contributed by atoms with van der Waals surface area (Å²) in [5.41, 5.74) is 27.6. The van der Waals surface area contributed by atoms with Crippen LogP contribution in [0.5, 0.6) is 0 Å². The molecule has 0 radical (unpaired) electrons. The summed E-state index contributed by atoms with van der Waals surface area (Å²) in [6.07, 6.45) is 0. The summed E-state index contributed by atoms with van der Waals surface area (Å²) in [6.45, 7) is -0.229. The summed E-state index contributed by atoms with van der Waals surface area (Å²) in [6, 6.07) is 127. The normalized spacial score (nSPS) is 12.4. The van der Waals surface area contributed by atoms with E-state index < -0.39 is 0 Å². The lowest BCUT2D eigenvalue weighted by molar-refractivity contribution is 1.16. The summed E-state index contributed by atoms with van der Waals surface area (Å²) < 4.78 is 2.58. The first-order valence-electron chi connectivity index (χ1n) is 31.2. The molecule has 3 nitrogen and oxygen atoms in total. The van der Waals surface area contributed by atoms with Gasteiger partial charge < -0.3 is 14.4 Å². The van der Waals surface area contributed by atoms with E-state index in [1.54, 1.807) is 0 Å². The molecule has 90 heavy (non-hydrogen) atoms. The molecule has 0 atom stereocenters. The van der Waals surface area contributed by atoms with E-state index in [0.29, 0.717) is 0 Å². The zero-order valence-corrected chi connectivity index (χ0v) is 49.3. The molecule has 2 aliphatic rings. The van der Waals surface area contributed by atoms with Crippen molar-refractivity contribution in [3.05, 3.63) is 340 Å². The van der Waals surface area contributed by atoms with Gasteiger partial charge in [-0.25, -0.2) is 0 Å². The molecule has 0 fully saturated rings. The van der Waals surface area contributed by atoms with E-state index in [-0.39, 0.29) is 6.71 Å². The molecular formula is C86H56BN3. The molecule has 0 bridgehead atoms. The van der Waals surface area contributed by atoms with Gasteiger partial charge in [0.25, 0.3) is 6.71 Å². The molecule has 0 N–H and O–H groups in total. The van der Waals surface area contributed by atoms with Gasteiger partial charge in [0.2, 0.25) is 0 Å². The van der Waals surface area contributed by atoms with Gasteiger partial charge in [-0.05, 0) is 131 Å². The average molecular weight is 1140 g/mol. The Kier molecular flexibility index (Phi) is 12.0. The van der Waals surface area contributed by atoms with Crippen molar-refractivity contribution in [2.24, 2.45) is 0 Å². The van der Waals surface area contributed by atoms with E-state index in [9.17, 15) is 0 Å². The van der Waals surface area contributed by atoms with Crippen molar-refractivity contribution < 1.29 is 0 Å². The maximum absolute atomic E-state index is 2.66. The van der Waals surface area contributed by atoms with E-state index >= 15 is 0 Å². The van der Waals surface area contributed by atoms with Gasteiger partial charge in [-0.1, -0.05) is 291 Å². The number of hydrogen-bond acceptors (Lipinski definition) is 2. The van der Waals surface area contributed by atoms with Crippen molar-refractivity contribution >= 4 is 101 Å². The zero-order chi connectivity index (χ0) is 59.2. The van der Waals surface area contributed by atoms with Gasteiger partial charge in [0, 0.05) is 55.8 Å². The monoisotopic (exact) mass is 1140 g/mol. The number of para-hydroxylation sites is 2. The highest BCUT2D eigenvalue weighted by molar-refractivity contribution is 7.00. The molecule has 3 heterocycles. The van der Waals surface area contributed by atoms with Gasteiger partial charge in [-0.2, -0.15) is 0 Å². The number of hydrogen-bond donors (Lipinski definition) is 0. The Morgan fingerprint density at radius 3 is 0.878 bits per heavy atom. The molecule has 0 saturated heterocycles. The fourth-order valence-electron chi connectivity index (χ4n) is 14.9. The molecule has 0 amide bonds. The summed E-state index contributed by atoms with van der Waals surface area (Å²) in [5.74, 6) is 0. The number of anilines is 6. The van der Waals surface area contributed by atoms with Crippen LogP contribution in [-0.4, -0.2) is 11.3 Å². The van der Waals surface area contributed by atoms with Crippen molar-refractivity contribution in [2.75, 3.05) is 9.80 Å². The number of fused-ring (bicyclic) bond motifs is 9. The minimum absolute atomic E-state index is 0.229. The molecule has 16 aromatic rings. The molecule has 15 aromatic carbocycles. The van der Waals surface area contributed by atoms with Gasteiger partial charge in [0.1, 0.15) is 0 Å². The lowest BCUT2D eigenvalue weighted by atomic mass is 9.33. The van der Waals surface area contributed by atoms with Crippen molar-refractivity contribution in [3.8, 4) is 72.4 Å². The van der Waals surface area contributed by atoms with Gasteiger partial charge in [0.15, 0.2) is 0 Å². The lowest BCUT2D eigenvalue weighted by Crippen LogP contribution is -2.61. The Hall–Kier alpha value is -11.7. The van der Waals surface area contributed by atoms with Crippen molar-refractivity contribution in [2.45, 2.75) is 0 Å². The maximum Gasteiger partial charge on any atom is 0.252 e. The van der Waals surface area contributed by atoms with Gasteiger partial charge in [-0.15, -0.1) is 0 Å². The minimum Gasteiger partial charge on any atom is -0.310 e. The first-order valence-corrected chi connectivity index (χ1v) is 31.2. The fourth-order valence-corrected chi connectivity index (χ4v) is 14.9. The van der Waals surface area contributed by atoms with Crippen molar-refractivity contribution in [1.29, 1.82) is 0 Å². The van der Waals surface area contributed by atoms with Crippen LogP contribution in [-0.2, 0) is 0 Å². The third-order valence-corrected chi connectivity index (χ3v) is 18.9. The van der Waals surface area contributed by atoms with E-state index in [1.807, 2.05) is 0 Å². The van der Waals surface area contributed by atoms with E-state index in [0.717, 1.165) is 95.4 Å². The molecule has 0 spiro atoms. The number of aromatic nitrogens is 1. The molecule has 0 unspecified atom stereocenters. The summed E-state index contributed by atoms with van der Waals surface area (Å²) in [5, 5.41) is 7.25. The van der Waals surface area contributed by atoms with Crippen LogP contribution in [0.1, 0.15) is 0 Å². The molecular weight excluding hydrogens is 1090 g/mol. The van der Waals surface area contributed by atoms with Gasteiger partial charge in [-0.3, -0.25) is 0 Å². The Bertz CT molecular complexity index is 5020. The van der Waals surface area contributed by atoms with E-state index in [1.165, 1.54) is 71.0 Å². The van der Waals surface area contributed by atoms with Crippen LogP contribution in [0.2, 0.25) is 0 Å². The van der Waals surface area contributed by atoms with Crippen LogP contribution in [0.15, 0.2) is 340 Å². The summed E-state index contributed by atoms with van der Waals surface area (Å²) in [4.78, 5) is 5.33.